The van der Waals surface area contributed by atoms with Gasteiger partial charge in [-0.15, -0.1) is 39.7 Å². The Kier molecular flexibility index (Phi) is 9.01. The molecule has 12 heteroatoms. The van der Waals surface area contributed by atoms with E-state index in [0.29, 0.717) is 28.7 Å². The molecule has 0 aliphatic rings. The molecule has 0 saturated carbocycles. The summed E-state index contributed by atoms with van der Waals surface area (Å²) < 4.78 is 26.2. The van der Waals surface area contributed by atoms with E-state index < -0.39 is 10.0 Å². The first-order valence-electron chi connectivity index (χ1n) is 9.26. The number of nitrogens with two attached hydrogens (primary N) is 1. The Labute approximate surface area is 228 Å². The number of halogens is 4. The summed E-state index contributed by atoms with van der Waals surface area (Å²) in [6.45, 7) is 0.639. The van der Waals surface area contributed by atoms with Crippen molar-refractivity contribution in [3.05, 3.63) is 84.2 Å². The number of sulfonamides is 1. The average molecular weight is 670 g/mol. The van der Waals surface area contributed by atoms with E-state index in [0.717, 1.165) is 24.7 Å². The zero-order chi connectivity index (χ0) is 22.9. The summed E-state index contributed by atoms with van der Waals surface area (Å²) in [5.74, 6) is 0. The van der Waals surface area contributed by atoms with E-state index in [4.69, 9.17) is 33.3 Å². The van der Waals surface area contributed by atoms with Crippen LogP contribution in [0.4, 0.5) is 5.69 Å². The maximum absolute atomic E-state index is 11.5. The lowest BCUT2D eigenvalue weighted by Gasteiger charge is -2.09. The summed E-state index contributed by atoms with van der Waals surface area (Å²) in [5.41, 5.74) is 2.64. The quantitative estimate of drug-likeness (QED) is 0.239. The van der Waals surface area contributed by atoms with Crippen molar-refractivity contribution in [2.75, 3.05) is 0 Å². The minimum atomic E-state index is -3.71. The van der Waals surface area contributed by atoms with Crippen LogP contribution in [0.3, 0.4) is 0 Å². The molecule has 0 aliphatic carbocycles. The van der Waals surface area contributed by atoms with Crippen LogP contribution in [-0.2, 0) is 23.0 Å². The van der Waals surface area contributed by atoms with Crippen LogP contribution in [0.25, 0.3) is 10.6 Å². The van der Waals surface area contributed by atoms with Crippen molar-refractivity contribution in [3.8, 4) is 10.6 Å². The zero-order valence-electron chi connectivity index (χ0n) is 16.7. The molecule has 0 amide bonds. The summed E-state index contributed by atoms with van der Waals surface area (Å²) in [6.07, 6.45) is 0.678. The molecule has 2 aromatic carbocycles. The third-order valence-electron chi connectivity index (χ3n) is 4.62. The summed E-state index contributed by atoms with van der Waals surface area (Å²) in [4.78, 5) is 6.77. The number of rotatable bonds is 6. The van der Waals surface area contributed by atoms with Crippen LogP contribution in [-0.4, -0.2) is 13.0 Å². The third-order valence-corrected chi connectivity index (χ3v) is 8.62. The lowest BCUT2D eigenvalue weighted by atomic mass is 10.1. The molecule has 4 rings (SSSR count). The van der Waals surface area contributed by atoms with E-state index in [1.165, 1.54) is 23.5 Å². The topological polar surface area (TPSA) is 77.5 Å². The van der Waals surface area contributed by atoms with Crippen molar-refractivity contribution in [2.24, 2.45) is 10.1 Å². The molecule has 0 atom stereocenters. The SMILES string of the molecule is Br.NS(=O)(=O)c1ccc(CCn2c(-c3ccc(Br)s3)csc2=Nc2cc(Cl)ccc2Cl)cc1. The van der Waals surface area contributed by atoms with Gasteiger partial charge >= 0.3 is 0 Å². The number of nitrogens with zero attached hydrogens (tertiary/aromatic N) is 2. The Morgan fingerprint density at radius 3 is 2.42 bits per heavy atom. The summed E-state index contributed by atoms with van der Waals surface area (Å²) >= 11 is 19.2. The summed E-state index contributed by atoms with van der Waals surface area (Å²) in [6, 6.07) is 15.9. The number of hydrogen-bond acceptors (Lipinski definition) is 5. The van der Waals surface area contributed by atoms with Crippen LogP contribution in [0.5, 0.6) is 0 Å². The van der Waals surface area contributed by atoms with Crippen molar-refractivity contribution in [1.29, 1.82) is 0 Å². The smallest absolute Gasteiger partial charge is 0.238 e. The number of aromatic nitrogens is 1. The van der Waals surface area contributed by atoms with Crippen LogP contribution in [0.2, 0.25) is 10.0 Å². The van der Waals surface area contributed by atoms with Gasteiger partial charge in [-0.05, 0) is 70.4 Å². The second kappa shape index (κ2) is 11.2. The number of benzene rings is 2. The van der Waals surface area contributed by atoms with E-state index >= 15 is 0 Å². The Hall–Kier alpha value is -0.980. The predicted octanol–water partition coefficient (Wildman–Crippen LogP) is 7.05. The number of thiophene rings is 1. The van der Waals surface area contributed by atoms with Gasteiger partial charge in [0.1, 0.15) is 0 Å². The van der Waals surface area contributed by atoms with Crippen molar-refractivity contribution in [1.82, 2.24) is 4.57 Å². The molecule has 0 bridgehead atoms. The average Bonchev–Trinajstić information content (AvgIpc) is 3.34. The van der Waals surface area contributed by atoms with Crippen molar-refractivity contribution < 1.29 is 8.42 Å². The van der Waals surface area contributed by atoms with E-state index in [9.17, 15) is 8.42 Å². The van der Waals surface area contributed by atoms with Gasteiger partial charge in [-0.25, -0.2) is 18.5 Å². The van der Waals surface area contributed by atoms with Gasteiger partial charge in [0.2, 0.25) is 10.0 Å². The molecular weight excluding hydrogens is 653 g/mol. The second-order valence-corrected chi connectivity index (χ2v) is 12.5. The van der Waals surface area contributed by atoms with E-state index in [1.807, 2.05) is 6.07 Å². The van der Waals surface area contributed by atoms with E-state index in [2.05, 4.69) is 31.9 Å². The fraction of sp³-hybridized carbons (Fsp3) is 0.0952. The number of thiazole rings is 1. The Morgan fingerprint density at radius 2 is 1.79 bits per heavy atom. The monoisotopic (exact) mass is 667 g/mol. The fourth-order valence-corrected chi connectivity index (χ4v) is 6.31. The lowest BCUT2D eigenvalue weighted by molar-refractivity contribution is 0.597. The second-order valence-electron chi connectivity index (χ2n) is 6.81. The number of hydrogen-bond donors (Lipinski definition) is 1. The van der Waals surface area contributed by atoms with E-state index in [-0.39, 0.29) is 21.9 Å². The molecule has 5 nitrogen and oxygen atoms in total. The van der Waals surface area contributed by atoms with Gasteiger partial charge in [-0.3, -0.25) is 0 Å². The van der Waals surface area contributed by atoms with E-state index in [1.54, 1.807) is 41.7 Å². The van der Waals surface area contributed by atoms with Gasteiger partial charge in [0.15, 0.2) is 4.80 Å². The molecule has 4 aromatic rings. The number of primary sulfonamides is 1. The molecule has 174 valence electrons. The highest BCUT2D eigenvalue weighted by atomic mass is 79.9. The Morgan fingerprint density at radius 1 is 1.06 bits per heavy atom. The first-order chi connectivity index (χ1) is 15.2. The zero-order valence-corrected chi connectivity index (χ0v) is 24.0. The van der Waals surface area contributed by atoms with Gasteiger partial charge in [0.25, 0.3) is 0 Å². The standard InChI is InChI=1S/C21H16BrCl2N3O2S3.BrH/c22-20-8-7-19(31-20)18-12-30-21(26-17-11-14(23)3-6-16(17)24)27(18)10-9-13-1-4-15(5-2-13)32(25,28)29;/h1-8,11-12H,9-10H2,(H2,25,28,29);1H. The Bertz CT molecular complexity index is 1450. The highest BCUT2D eigenvalue weighted by molar-refractivity contribution is 9.11. The van der Waals surface area contributed by atoms with Crippen LogP contribution in [0.1, 0.15) is 5.56 Å². The van der Waals surface area contributed by atoms with Gasteiger partial charge < -0.3 is 4.57 Å². The number of aryl methyl sites for hydroxylation is 1. The largest absolute Gasteiger partial charge is 0.315 e. The molecule has 0 saturated heterocycles. The normalized spacial score (nSPS) is 12.1. The highest BCUT2D eigenvalue weighted by Crippen LogP contribution is 2.32. The van der Waals surface area contributed by atoms with Crippen LogP contribution < -0.4 is 9.94 Å². The van der Waals surface area contributed by atoms with Crippen molar-refractivity contribution >= 4 is 94.5 Å². The molecule has 33 heavy (non-hydrogen) atoms. The molecule has 2 heterocycles. The first-order valence-corrected chi connectivity index (χ1v) is 14.1. The molecule has 2 N–H and O–H groups in total. The minimum absolute atomic E-state index is 0. The van der Waals surface area contributed by atoms with Gasteiger partial charge in [-0.1, -0.05) is 35.3 Å². The molecule has 0 spiro atoms. The maximum Gasteiger partial charge on any atom is 0.238 e. The molecule has 0 radical (unpaired) electrons. The Balaban J connectivity index is 0.00000306. The molecular formula is C21H17Br2Cl2N3O2S3. The highest BCUT2D eigenvalue weighted by Gasteiger charge is 2.12. The molecule has 0 aliphatic heterocycles. The first kappa shape index (κ1) is 26.6. The summed E-state index contributed by atoms with van der Waals surface area (Å²) in [7, 11) is -3.71. The molecule has 2 aromatic heterocycles. The fourth-order valence-electron chi connectivity index (χ4n) is 3.05. The lowest BCUT2D eigenvalue weighted by Crippen LogP contribution is -2.17. The van der Waals surface area contributed by atoms with Gasteiger partial charge in [0.05, 0.1) is 30.0 Å². The minimum Gasteiger partial charge on any atom is -0.315 e. The van der Waals surface area contributed by atoms with Crippen molar-refractivity contribution in [3.63, 3.8) is 0 Å². The predicted molar refractivity (Wildman–Crippen MR) is 147 cm³/mol. The molecule has 0 unspecified atom stereocenters. The molecule has 0 fully saturated rings. The third kappa shape index (κ3) is 6.58. The van der Waals surface area contributed by atoms with Gasteiger partial charge in [-0.2, -0.15) is 0 Å². The summed E-state index contributed by atoms with van der Waals surface area (Å²) in [5, 5.41) is 8.35. The van der Waals surface area contributed by atoms with Crippen LogP contribution >= 0.6 is 78.8 Å². The van der Waals surface area contributed by atoms with Crippen LogP contribution in [0.15, 0.2) is 73.7 Å². The van der Waals surface area contributed by atoms with Crippen molar-refractivity contribution in [2.45, 2.75) is 17.9 Å². The van der Waals surface area contributed by atoms with Gasteiger partial charge in [0, 0.05) is 16.9 Å². The maximum atomic E-state index is 11.5. The van der Waals surface area contributed by atoms with Crippen LogP contribution in [0, 0.1) is 0 Å².